The van der Waals surface area contributed by atoms with Crippen LogP contribution >= 0.6 is 8.25 Å². The Morgan fingerprint density at radius 2 is 1.69 bits per heavy atom. The number of hydrogen-bond donors (Lipinski definition) is 2. The summed E-state index contributed by atoms with van der Waals surface area (Å²) in [5, 5.41) is 0. The Morgan fingerprint density at radius 3 is 2.00 bits per heavy atom. The van der Waals surface area contributed by atoms with Gasteiger partial charge in [-0.25, -0.2) is 0 Å². The third kappa shape index (κ3) is 7.47. The lowest BCUT2D eigenvalue weighted by atomic mass is 10.2. The Balaban J connectivity index is 0.000000310. The zero-order valence-electron chi connectivity index (χ0n) is 7.40. The molecular formula is C9H13O3P. The quantitative estimate of drug-likeness (QED) is 0.681. The summed E-state index contributed by atoms with van der Waals surface area (Å²) in [4.78, 5) is 14.3. The molecule has 0 saturated carbocycles. The molecule has 0 aromatic heterocycles. The normalized spacial score (nSPS) is 8.92. The first-order valence-corrected chi connectivity index (χ1v) is 4.97. The van der Waals surface area contributed by atoms with Crippen molar-refractivity contribution >= 4 is 14.3 Å². The van der Waals surface area contributed by atoms with E-state index in [1.807, 2.05) is 6.08 Å². The van der Waals surface area contributed by atoms with Gasteiger partial charge in [-0.05, 0) is 12.5 Å². The van der Waals surface area contributed by atoms with Crippen LogP contribution in [-0.2, 0) is 4.57 Å². The highest BCUT2D eigenvalue weighted by Gasteiger charge is 1.82. The van der Waals surface area contributed by atoms with Crippen LogP contribution in [0.15, 0.2) is 30.8 Å². The third-order valence-electron chi connectivity index (χ3n) is 1.31. The zero-order chi connectivity index (χ0) is 10.3. The van der Waals surface area contributed by atoms with E-state index in [0.29, 0.717) is 0 Å². The van der Waals surface area contributed by atoms with Crippen molar-refractivity contribution in [1.29, 1.82) is 0 Å². The molecule has 3 nitrogen and oxygen atoms in total. The molecule has 0 atom stereocenters. The Labute approximate surface area is 78.3 Å². The summed E-state index contributed by atoms with van der Waals surface area (Å²) >= 11 is 0. The molecule has 0 heterocycles. The molecule has 0 aliphatic carbocycles. The van der Waals surface area contributed by atoms with Crippen LogP contribution < -0.4 is 0 Å². The largest absolute Gasteiger partial charge is 0.326 e. The molecule has 4 heteroatoms. The standard InChI is InChI=1S/C9H10.H3O3P/c1-3-9-6-4-8(2)5-7-9;1-4(2)3/h3-7H,1H2,2H3;4H,(H2,1,2,3). The van der Waals surface area contributed by atoms with E-state index in [2.05, 4.69) is 37.8 Å². The van der Waals surface area contributed by atoms with E-state index in [0.717, 1.165) is 0 Å². The molecule has 0 aliphatic rings. The predicted molar refractivity (Wildman–Crippen MR) is 54.7 cm³/mol. The number of aryl methyl sites for hydroxylation is 1. The molecule has 0 spiro atoms. The second kappa shape index (κ2) is 6.61. The SMILES string of the molecule is C=Cc1ccc(C)cc1.O=[PH](O)O. The van der Waals surface area contributed by atoms with Crippen molar-refractivity contribution in [3.8, 4) is 0 Å². The van der Waals surface area contributed by atoms with Gasteiger partial charge in [0.15, 0.2) is 0 Å². The molecule has 2 N–H and O–H groups in total. The Kier molecular flexibility index (Phi) is 6.15. The molecule has 1 aromatic carbocycles. The van der Waals surface area contributed by atoms with Crippen molar-refractivity contribution < 1.29 is 14.4 Å². The summed E-state index contributed by atoms with van der Waals surface area (Å²) in [6.07, 6.45) is 1.85. The van der Waals surface area contributed by atoms with Gasteiger partial charge in [0, 0.05) is 0 Å². The van der Waals surface area contributed by atoms with Gasteiger partial charge in [-0.3, -0.25) is 4.57 Å². The minimum Gasteiger partial charge on any atom is -0.326 e. The van der Waals surface area contributed by atoms with Gasteiger partial charge in [-0.15, -0.1) is 0 Å². The van der Waals surface area contributed by atoms with Crippen molar-refractivity contribution in [2.75, 3.05) is 0 Å². The summed E-state index contributed by atoms with van der Waals surface area (Å²) < 4.78 is 8.74. The molecule has 72 valence electrons. The van der Waals surface area contributed by atoms with Crippen LogP contribution in [0.1, 0.15) is 11.1 Å². The molecule has 0 aliphatic heterocycles. The maximum atomic E-state index is 8.74. The molecule has 0 amide bonds. The van der Waals surface area contributed by atoms with E-state index in [-0.39, 0.29) is 0 Å². The van der Waals surface area contributed by atoms with Gasteiger partial charge in [-0.2, -0.15) is 0 Å². The van der Waals surface area contributed by atoms with E-state index < -0.39 is 8.25 Å². The molecule has 0 unspecified atom stereocenters. The lowest BCUT2D eigenvalue weighted by Crippen LogP contribution is -1.71. The van der Waals surface area contributed by atoms with Gasteiger partial charge in [0.05, 0.1) is 0 Å². The molecule has 0 bridgehead atoms. The Morgan fingerprint density at radius 1 is 1.31 bits per heavy atom. The lowest BCUT2D eigenvalue weighted by molar-refractivity contribution is 0.405. The second-order valence-corrected chi connectivity index (χ2v) is 2.96. The van der Waals surface area contributed by atoms with Crippen molar-refractivity contribution in [2.45, 2.75) is 6.92 Å². The van der Waals surface area contributed by atoms with E-state index in [1.54, 1.807) is 0 Å². The van der Waals surface area contributed by atoms with Crippen molar-refractivity contribution in [3.63, 3.8) is 0 Å². The fourth-order valence-corrected chi connectivity index (χ4v) is 0.703. The third-order valence-corrected chi connectivity index (χ3v) is 1.31. The number of rotatable bonds is 1. The Bertz CT molecular complexity index is 275. The van der Waals surface area contributed by atoms with Gasteiger partial charge < -0.3 is 9.79 Å². The van der Waals surface area contributed by atoms with Crippen LogP contribution in [0.2, 0.25) is 0 Å². The first-order chi connectivity index (χ1) is 6.06. The highest BCUT2D eigenvalue weighted by Crippen LogP contribution is 2.02. The lowest BCUT2D eigenvalue weighted by Gasteiger charge is -1.91. The fraction of sp³-hybridized carbons (Fsp3) is 0.111. The number of hydrogen-bond acceptors (Lipinski definition) is 1. The van der Waals surface area contributed by atoms with Crippen molar-refractivity contribution in [2.24, 2.45) is 0 Å². The molecule has 0 radical (unpaired) electrons. The highest BCUT2D eigenvalue weighted by atomic mass is 31.1. The van der Waals surface area contributed by atoms with E-state index in [4.69, 9.17) is 14.4 Å². The molecule has 0 fully saturated rings. The monoisotopic (exact) mass is 200 g/mol. The van der Waals surface area contributed by atoms with Crippen LogP contribution in [0.4, 0.5) is 0 Å². The Hall–Kier alpha value is -0.890. The van der Waals surface area contributed by atoms with E-state index in [9.17, 15) is 0 Å². The average Bonchev–Trinajstić information content (AvgIpc) is 2.05. The van der Waals surface area contributed by atoms with Crippen LogP contribution in [0.3, 0.4) is 0 Å². The van der Waals surface area contributed by atoms with Crippen LogP contribution in [0, 0.1) is 6.92 Å². The zero-order valence-corrected chi connectivity index (χ0v) is 8.40. The minimum atomic E-state index is -3.13. The average molecular weight is 200 g/mol. The van der Waals surface area contributed by atoms with E-state index >= 15 is 0 Å². The van der Waals surface area contributed by atoms with Gasteiger partial charge in [0.1, 0.15) is 0 Å². The van der Waals surface area contributed by atoms with Gasteiger partial charge in [0.25, 0.3) is 0 Å². The maximum Gasteiger partial charge on any atom is 0.314 e. The van der Waals surface area contributed by atoms with Crippen LogP contribution in [0.5, 0.6) is 0 Å². The summed E-state index contributed by atoms with van der Waals surface area (Å²) in [6, 6.07) is 8.28. The van der Waals surface area contributed by atoms with Crippen molar-refractivity contribution in [3.05, 3.63) is 42.0 Å². The van der Waals surface area contributed by atoms with Gasteiger partial charge in [-0.1, -0.05) is 42.5 Å². The second-order valence-electron chi connectivity index (χ2n) is 2.40. The van der Waals surface area contributed by atoms with Gasteiger partial charge >= 0.3 is 8.25 Å². The summed E-state index contributed by atoms with van der Waals surface area (Å²) in [5.74, 6) is 0. The summed E-state index contributed by atoms with van der Waals surface area (Å²) in [5.41, 5.74) is 2.47. The fourth-order valence-electron chi connectivity index (χ4n) is 0.703. The first kappa shape index (κ1) is 12.1. The predicted octanol–water partition coefficient (Wildman–Crippen LogP) is 2.00. The molecular weight excluding hydrogens is 187 g/mol. The van der Waals surface area contributed by atoms with Gasteiger partial charge in [0.2, 0.25) is 0 Å². The first-order valence-electron chi connectivity index (χ1n) is 3.67. The maximum absolute atomic E-state index is 8.74. The molecule has 0 saturated heterocycles. The minimum absolute atomic E-state index is 1.18. The summed E-state index contributed by atoms with van der Waals surface area (Å²) in [7, 11) is -3.13. The smallest absolute Gasteiger partial charge is 0.314 e. The van der Waals surface area contributed by atoms with Crippen LogP contribution in [-0.4, -0.2) is 9.79 Å². The molecule has 1 rings (SSSR count). The van der Waals surface area contributed by atoms with Crippen molar-refractivity contribution in [1.82, 2.24) is 0 Å². The van der Waals surface area contributed by atoms with E-state index in [1.165, 1.54) is 11.1 Å². The number of benzene rings is 1. The topological polar surface area (TPSA) is 57.5 Å². The highest BCUT2D eigenvalue weighted by molar-refractivity contribution is 7.30. The van der Waals surface area contributed by atoms with Crippen LogP contribution in [0.25, 0.3) is 6.08 Å². The summed E-state index contributed by atoms with van der Waals surface area (Å²) in [6.45, 7) is 5.74. The molecule has 13 heavy (non-hydrogen) atoms. The molecule has 1 aromatic rings.